The summed E-state index contributed by atoms with van der Waals surface area (Å²) in [5.41, 5.74) is 0.740. The largest absolute Gasteiger partial charge is 0.416 e. The Kier molecular flexibility index (Phi) is 5.25. The van der Waals surface area contributed by atoms with Gasteiger partial charge in [0.05, 0.1) is 29.8 Å². The number of hydrogen-bond acceptors (Lipinski definition) is 5. The van der Waals surface area contributed by atoms with E-state index < -0.39 is 11.7 Å². The zero-order valence-corrected chi connectivity index (χ0v) is 12.7. The van der Waals surface area contributed by atoms with E-state index in [1.807, 2.05) is 0 Å². The quantitative estimate of drug-likeness (QED) is 0.599. The number of aryl methyl sites for hydroxylation is 1. The van der Waals surface area contributed by atoms with Gasteiger partial charge in [0.2, 0.25) is 12.3 Å². The zero-order chi connectivity index (χ0) is 16.2. The maximum atomic E-state index is 12.8. The Morgan fingerprint density at radius 3 is 2.55 bits per heavy atom. The van der Waals surface area contributed by atoms with Crippen LogP contribution >= 0.6 is 12.3 Å². The average Bonchev–Trinajstić information content (AvgIpc) is 2.47. The molecule has 0 N–H and O–H groups in total. The SMILES string of the molecule is CCOSOc1cc(C(F)(F)F)ccc1-c1cnc(C)cn1. The number of benzene rings is 1. The summed E-state index contributed by atoms with van der Waals surface area (Å²) in [5, 5.41) is 0. The third kappa shape index (κ3) is 4.11. The molecule has 0 aliphatic carbocycles. The second-order valence-corrected chi connectivity index (χ2v) is 4.85. The first-order valence-corrected chi connectivity index (χ1v) is 7.05. The Balaban J connectivity index is 2.40. The number of hydrogen-bond donors (Lipinski definition) is 0. The van der Waals surface area contributed by atoms with Crippen LogP contribution in [0.4, 0.5) is 13.2 Å². The van der Waals surface area contributed by atoms with Gasteiger partial charge in [0, 0.05) is 11.8 Å². The third-order valence-electron chi connectivity index (χ3n) is 2.66. The molecule has 0 amide bonds. The van der Waals surface area contributed by atoms with Crippen molar-refractivity contribution in [1.29, 1.82) is 0 Å². The normalized spacial score (nSPS) is 11.5. The summed E-state index contributed by atoms with van der Waals surface area (Å²) >= 11 is 0.622. The van der Waals surface area contributed by atoms with E-state index in [1.54, 1.807) is 13.8 Å². The van der Waals surface area contributed by atoms with Crippen molar-refractivity contribution in [3.63, 3.8) is 0 Å². The van der Waals surface area contributed by atoms with E-state index in [-0.39, 0.29) is 5.75 Å². The minimum atomic E-state index is -4.45. The molecule has 1 aromatic carbocycles. The molecule has 0 fully saturated rings. The lowest BCUT2D eigenvalue weighted by atomic mass is 10.1. The highest BCUT2D eigenvalue weighted by Crippen LogP contribution is 2.37. The molecule has 0 atom stereocenters. The topological polar surface area (TPSA) is 44.2 Å². The third-order valence-corrected chi connectivity index (χ3v) is 3.24. The molecule has 8 heteroatoms. The Morgan fingerprint density at radius 1 is 1.18 bits per heavy atom. The van der Waals surface area contributed by atoms with Crippen molar-refractivity contribution in [2.45, 2.75) is 20.0 Å². The molecule has 2 aromatic rings. The van der Waals surface area contributed by atoms with Crippen molar-refractivity contribution in [2.24, 2.45) is 0 Å². The first kappa shape index (κ1) is 16.6. The van der Waals surface area contributed by atoms with Crippen LogP contribution in [0.15, 0.2) is 30.6 Å². The van der Waals surface area contributed by atoms with E-state index in [9.17, 15) is 13.2 Å². The van der Waals surface area contributed by atoms with Crippen molar-refractivity contribution in [3.8, 4) is 17.0 Å². The lowest BCUT2D eigenvalue weighted by Gasteiger charge is -2.12. The first-order chi connectivity index (χ1) is 10.4. The molecule has 1 heterocycles. The van der Waals surface area contributed by atoms with Gasteiger partial charge in [-0.1, -0.05) is 0 Å². The predicted octanol–water partition coefficient (Wildman–Crippen LogP) is 4.45. The predicted molar refractivity (Wildman–Crippen MR) is 77.1 cm³/mol. The van der Waals surface area contributed by atoms with E-state index in [1.165, 1.54) is 18.5 Å². The summed E-state index contributed by atoms with van der Waals surface area (Å²) in [5.74, 6) is 0.0198. The van der Waals surface area contributed by atoms with Gasteiger partial charge in [-0.2, -0.15) is 13.2 Å². The van der Waals surface area contributed by atoms with Crippen molar-refractivity contribution in [3.05, 3.63) is 41.9 Å². The van der Waals surface area contributed by atoms with Crippen LogP contribution in [0.2, 0.25) is 0 Å². The molecule has 0 aliphatic rings. The van der Waals surface area contributed by atoms with Crippen molar-refractivity contribution in [2.75, 3.05) is 6.61 Å². The Bertz CT molecular complexity index is 633. The minimum Gasteiger partial charge on any atom is -0.400 e. The molecule has 0 aliphatic heterocycles. The summed E-state index contributed by atoms with van der Waals surface area (Å²) in [6.07, 6.45) is -1.44. The minimum absolute atomic E-state index is 0.0198. The van der Waals surface area contributed by atoms with Crippen LogP contribution in [0.25, 0.3) is 11.3 Å². The number of nitrogens with zero attached hydrogens (tertiary/aromatic N) is 2. The highest BCUT2D eigenvalue weighted by Gasteiger charge is 2.31. The molecule has 0 saturated heterocycles. The van der Waals surface area contributed by atoms with Gasteiger partial charge in [-0.15, -0.1) is 0 Å². The maximum Gasteiger partial charge on any atom is 0.416 e. The summed E-state index contributed by atoms with van der Waals surface area (Å²) in [6, 6.07) is 3.21. The monoisotopic (exact) mass is 330 g/mol. The highest BCUT2D eigenvalue weighted by atomic mass is 32.2. The van der Waals surface area contributed by atoms with Crippen molar-refractivity contribution < 1.29 is 21.5 Å². The molecule has 0 spiro atoms. The maximum absolute atomic E-state index is 12.8. The van der Waals surface area contributed by atoms with Gasteiger partial charge in [-0.3, -0.25) is 14.2 Å². The molecule has 0 radical (unpaired) electrons. The summed E-state index contributed by atoms with van der Waals surface area (Å²) in [4.78, 5) is 8.24. The fraction of sp³-hybridized carbons (Fsp3) is 0.286. The van der Waals surface area contributed by atoms with Crippen LogP contribution in [0, 0.1) is 6.92 Å². The van der Waals surface area contributed by atoms with E-state index >= 15 is 0 Å². The summed E-state index contributed by atoms with van der Waals surface area (Å²) in [6.45, 7) is 3.88. The van der Waals surface area contributed by atoms with Gasteiger partial charge >= 0.3 is 6.18 Å². The number of aromatic nitrogens is 2. The van der Waals surface area contributed by atoms with Crippen LogP contribution in [-0.2, 0) is 10.4 Å². The Morgan fingerprint density at radius 2 is 1.95 bits per heavy atom. The molecule has 0 unspecified atom stereocenters. The van der Waals surface area contributed by atoms with Crippen molar-refractivity contribution >= 4 is 12.3 Å². The van der Waals surface area contributed by atoms with Crippen LogP contribution in [0.5, 0.6) is 5.75 Å². The fourth-order valence-electron chi connectivity index (χ4n) is 1.62. The molecule has 4 nitrogen and oxygen atoms in total. The summed E-state index contributed by atoms with van der Waals surface area (Å²) in [7, 11) is 0. The Hall–Kier alpha value is -1.80. The van der Waals surface area contributed by atoms with Crippen molar-refractivity contribution in [1.82, 2.24) is 9.97 Å². The molecular weight excluding hydrogens is 317 g/mol. The van der Waals surface area contributed by atoms with Gasteiger partial charge in [0.15, 0.2) is 0 Å². The summed E-state index contributed by atoms with van der Waals surface area (Å²) < 4.78 is 48.6. The average molecular weight is 330 g/mol. The van der Waals surface area contributed by atoms with E-state index in [4.69, 9.17) is 8.37 Å². The van der Waals surface area contributed by atoms with Crippen LogP contribution in [0.3, 0.4) is 0 Å². The molecule has 0 saturated carbocycles. The van der Waals surface area contributed by atoms with E-state index in [2.05, 4.69) is 9.97 Å². The highest BCUT2D eigenvalue weighted by molar-refractivity contribution is 7.90. The molecule has 118 valence electrons. The molecule has 0 bridgehead atoms. The van der Waals surface area contributed by atoms with Gasteiger partial charge in [0.25, 0.3) is 0 Å². The zero-order valence-electron chi connectivity index (χ0n) is 11.8. The fourth-order valence-corrected chi connectivity index (χ4v) is 1.98. The number of alkyl halides is 3. The van der Waals surface area contributed by atoms with E-state index in [0.717, 1.165) is 12.1 Å². The molecule has 1 aromatic heterocycles. The molecule has 2 rings (SSSR count). The first-order valence-electron chi connectivity index (χ1n) is 6.38. The number of halogens is 3. The molecule has 22 heavy (non-hydrogen) atoms. The Labute approximate surface area is 130 Å². The van der Waals surface area contributed by atoms with E-state index in [0.29, 0.717) is 35.9 Å². The van der Waals surface area contributed by atoms with Gasteiger partial charge < -0.3 is 4.18 Å². The van der Waals surface area contributed by atoms with Crippen LogP contribution in [0.1, 0.15) is 18.2 Å². The number of rotatable bonds is 5. The van der Waals surface area contributed by atoms with Crippen LogP contribution < -0.4 is 4.18 Å². The van der Waals surface area contributed by atoms with Crippen LogP contribution in [-0.4, -0.2) is 16.6 Å². The molecular formula is C14H13F3N2O2S. The standard InChI is InChI=1S/C14H13F3N2O2S/c1-3-20-22-21-13-6-10(14(15,16)17)4-5-11(13)12-8-18-9(2)7-19-12/h4-8H,3H2,1-2H3. The second kappa shape index (κ2) is 6.97. The van der Waals surface area contributed by atoms with Gasteiger partial charge in [0.1, 0.15) is 5.75 Å². The lowest BCUT2D eigenvalue weighted by Crippen LogP contribution is -2.05. The lowest BCUT2D eigenvalue weighted by molar-refractivity contribution is -0.137. The second-order valence-electron chi connectivity index (χ2n) is 4.31. The van der Waals surface area contributed by atoms with Gasteiger partial charge in [-0.25, -0.2) is 0 Å². The van der Waals surface area contributed by atoms with Gasteiger partial charge in [-0.05, 0) is 32.0 Å². The smallest absolute Gasteiger partial charge is 0.400 e.